The highest BCUT2D eigenvalue weighted by Gasteiger charge is 2.40. The first-order chi connectivity index (χ1) is 10.1. The van der Waals surface area contributed by atoms with Gasteiger partial charge in [-0.1, -0.05) is 24.6 Å². The molecule has 116 valence electrons. The molecule has 1 spiro atoms. The molecule has 0 amide bonds. The summed E-state index contributed by atoms with van der Waals surface area (Å²) in [5.74, 6) is -0.783. The van der Waals surface area contributed by atoms with Crippen molar-refractivity contribution in [3.05, 3.63) is 10.6 Å². The number of aromatic nitrogens is 1. The number of thiazole rings is 1. The van der Waals surface area contributed by atoms with Crippen LogP contribution in [0.3, 0.4) is 0 Å². The summed E-state index contributed by atoms with van der Waals surface area (Å²) in [5, 5.41) is 9.47. The molecule has 0 radical (unpaired) electrons. The Bertz CT molecular complexity index is 523. The maximum absolute atomic E-state index is 10.8. The van der Waals surface area contributed by atoms with Crippen molar-refractivity contribution >= 4 is 29.1 Å². The summed E-state index contributed by atoms with van der Waals surface area (Å²) in [6, 6.07) is 0. The third-order valence-corrected chi connectivity index (χ3v) is 6.93. The van der Waals surface area contributed by atoms with E-state index in [4.69, 9.17) is 9.84 Å². The molecule has 4 nitrogen and oxygen atoms in total. The van der Waals surface area contributed by atoms with Crippen molar-refractivity contribution in [2.75, 3.05) is 6.61 Å². The first-order valence-electron chi connectivity index (χ1n) is 7.55. The Morgan fingerprint density at radius 1 is 1.52 bits per heavy atom. The summed E-state index contributed by atoms with van der Waals surface area (Å²) in [6.07, 6.45) is 7.25. The van der Waals surface area contributed by atoms with Gasteiger partial charge in [0, 0.05) is 16.7 Å². The molecule has 1 N–H and O–H groups in total. The Kier molecular flexibility index (Phi) is 4.57. The predicted molar refractivity (Wildman–Crippen MR) is 84.2 cm³/mol. The molecular weight excluding hydrogens is 306 g/mol. The van der Waals surface area contributed by atoms with E-state index >= 15 is 0 Å². The van der Waals surface area contributed by atoms with Crippen molar-refractivity contribution in [3.63, 3.8) is 0 Å². The molecule has 2 fully saturated rings. The molecule has 0 bridgehead atoms. The normalized spacial score (nSPS) is 24.5. The summed E-state index contributed by atoms with van der Waals surface area (Å²) in [6.45, 7) is 2.76. The Morgan fingerprint density at radius 2 is 2.29 bits per heavy atom. The first-order valence-corrected chi connectivity index (χ1v) is 9.25. The standard InChI is InChI=1S/C15H21NO3S2/c1-10-12(8-13(17)18)21-14(16-10)20-11-4-7-19-15(9-11)5-2-3-6-15/h11H,2-9H2,1H3,(H,17,18). The van der Waals surface area contributed by atoms with Gasteiger partial charge in [0.05, 0.1) is 17.7 Å². The number of rotatable bonds is 4. The van der Waals surface area contributed by atoms with Crippen LogP contribution in [0.2, 0.25) is 0 Å². The van der Waals surface area contributed by atoms with Gasteiger partial charge in [-0.05, 0) is 32.6 Å². The fourth-order valence-corrected chi connectivity index (χ4v) is 6.11. The number of carboxylic acid groups (broad SMARTS) is 1. The van der Waals surface area contributed by atoms with Crippen LogP contribution in [0.25, 0.3) is 0 Å². The topological polar surface area (TPSA) is 59.4 Å². The van der Waals surface area contributed by atoms with Gasteiger partial charge in [0.15, 0.2) is 4.34 Å². The van der Waals surface area contributed by atoms with Crippen LogP contribution >= 0.6 is 23.1 Å². The second kappa shape index (κ2) is 6.26. The van der Waals surface area contributed by atoms with E-state index in [0.29, 0.717) is 5.25 Å². The average molecular weight is 327 g/mol. The highest BCUT2D eigenvalue weighted by Crippen LogP contribution is 2.45. The van der Waals surface area contributed by atoms with Gasteiger partial charge in [-0.25, -0.2) is 4.98 Å². The molecule has 1 saturated carbocycles. The lowest BCUT2D eigenvalue weighted by atomic mass is 9.92. The second-order valence-corrected chi connectivity index (χ2v) is 8.66. The summed E-state index contributed by atoms with van der Waals surface area (Å²) >= 11 is 3.36. The van der Waals surface area contributed by atoms with Crippen LogP contribution in [0.1, 0.15) is 49.1 Å². The largest absolute Gasteiger partial charge is 0.481 e. The number of carboxylic acids is 1. The maximum Gasteiger partial charge on any atom is 0.308 e. The third kappa shape index (κ3) is 3.60. The monoisotopic (exact) mass is 327 g/mol. The molecule has 1 aromatic rings. The molecule has 1 aromatic heterocycles. The van der Waals surface area contributed by atoms with Gasteiger partial charge in [-0.2, -0.15) is 0 Å². The number of hydrogen-bond donors (Lipinski definition) is 1. The number of ether oxygens (including phenoxy) is 1. The molecule has 1 unspecified atom stereocenters. The van der Waals surface area contributed by atoms with Crippen molar-refractivity contribution < 1.29 is 14.6 Å². The highest BCUT2D eigenvalue weighted by atomic mass is 32.2. The number of nitrogens with zero attached hydrogens (tertiary/aromatic N) is 1. The minimum Gasteiger partial charge on any atom is -0.481 e. The summed E-state index contributed by atoms with van der Waals surface area (Å²) in [5.41, 5.74) is 0.999. The molecule has 1 atom stereocenters. The van der Waals surface area contributed by atoms with Crippen LogP contribution in [0.5, 0.6) is 0 Å². The van der Waals surface area contributed by atoms with Gasteiger partial charge < -0.3 is 9.84 Å². The zero-order valence-electron chi connectivity index (χ0n) is 12.3. The van der Waals surface area contributed by atoms with Gasteiger partial charge in [0.2, 0.25) is 0 Å². The molecule has 0 aromatic carbocycles. The fraction of sp³-hybridized carbons (Fsp3) is 0.733. The lowest BCUT2D eigenvalue weighted by Gasteiger charge is -2.37. The van der Waals surface area contributed by atoms with Gasteiger partial charge >= 0.3 is 5.97 Å². The van der Waals surface area contributed by atoms with Crippen molar-refractivity contribution in [1.29, 1.82) is 0 Å². The van der Waals surface area contributed by atoms with Crippen LogP contribution in [0.15, 0.2) is 4.34 Å². The van der Waals surface area contributed by atoms with E-state index in [2.05, 4.69) is 4.98 Å². The quantitative estimate of drug-likeness (QED) is 0.914. The molecule has 1 aliphatic carbocycles. The number of aryl methyl sites for hydroxylation is 1. The third-order valence-electron chi connectivity index (χ3n) is 4.41. The molecule has 3 rings (SSSR count). The van der Waals surface area contributed by atoms with Crippen LogP contribution in [0.4, 0.5) is 0 Å². The van der Waals surface area contributed by atoms with E-state index in [-0.39, 0.29) is 12.0 Å². The van der Waals surface area contributed by atoms with Crippen molar-refractivity contribution in [2.45, 2.75) is 67.1 Å². The second-order valence-electron chi connectivity index (χ2n) is 6.03. The first kappa shape index (κ1) is 15.3. The molecule has 1 aliphatic heterocycles. The lowest BCUT2D eigenvalue weighted by molar-refractivity contribution is -0.136. The Morgan fingerprint density at radius 3 is 3.00 bits per heavy atom. The summed E-state index contributed by atoms with van der Waals surface area (Å²) in [7, 11) is 0. The lowest BCUT2D eigenvalue weighted by Crippen LogP contribution is -2.38. The van der Waals surface area contributed by atoms with Crippen LogP contribution in [-0.2, 0) is 16.0 Å². The van der Waals surface area contributed by atoms with Gasteiger partial charge in [0.1, 0.15) is 0 Å². The van der Waals surface area contributed by atoms with Crippen molar-refractivity contribution in [2.24, 2.45) is 0 Å². The number of hydrogen-bond acceptors (Lipinski definition) is 5. The zero-order valence-corrected chi connectivity index (χ0v) is 13.9. The summed E-state index contributed by atoms with van der Waals surface area (Å²) in [4.78, 5) is 16.3. The van der Waals surface area contributed by atoms with E-state index in [1.807, 2.05) is 18.7 Å². The number of aliphatic carboxylic acids is 1. The van der Waals surface area contributed by atoms with Gasteiger partial charge in [-0.15, -0.1) is 11.3 Å². The predicted octanol–water partition coefficient (Wildman–Crippen LogP) is 3.66. The van der Waals surface area contributed by atoms with E-state index < -0.39 is 5.97 Å². The number of carbonyl (C=O) groups is 1. The Labute approximate surface area is 133 Å². The maximum atomic E-state index is 10.8. The molecule has 2 aliphatic rings. The van der Waals surface area contributed by atoms with Crippen LogP contribution in [-0.4, -0.2) is 33.5 Å². The molecule has 21 heavy (non-hydrogen) atoms. The minimum absolute atomic E-state index is 0.0851. The Hall–Kier alpha value is -0.590. The fourth-order valence-electron chi connectivity index (χ4n) is 3.35. The van der Waals surface area contributed by atoms with Crippen molar-refractivity contribution in [1.82, 2.24) is 4.98 Å². The van der Waals surface area contributed by atoms with Gasteiger partial charge in [0.25, 0.3) is 0 Å². The van der Waals surface area contributed by atoms with E-state index in [9.17, 15) is 4.79 Å². The molecular formula is C15H21NO3S2. The van der Waals surface area contributed by atoms with E-state index in [1.54, 1.807) is 11.3 Å². The average Bonchev–Trinajstić information content (AvgIpc) is 2.98. The highest BCUT2D eigenvalue weighted by molar-refractivity contribution is 8.01. The molecule has 1 saturated heterocycles. The van der Waals surface area contributed by atoms with Gasteiger partial charge in [-0.3, -0.25) is 4.79 Å². The zero-order chi connectivity index (χ0) is 14.9. The SMILES string of the molecule is Cc1nc(SC2CCOC3(CCCC3)C2)sc1CC(=O)O. The number of thioether (sulfide) groups is 1. The van der Waals surface area contributed by atoms with Crippen LogP contribution < -0.4 is 0 Å². The smallest absolute Gasteiger partial charge is 0.308 e. The van der Waals surface area contributed by atoms with E-state index in [1.165, 1.54) is 25.7 Å². The minimum atomic E-state index is -0.783. The Balaban J connectivity index is 1.64. The van der Waals surface area contributed by atoms with Crippen molar-refractivity contribution in [3.8, 4) is 0 Å². The van der Waals surface area contributed by atoms with Crippen LogP contribution in [0, 0.1) is 6.92 Å². The van der Waals surface area contributed by atoms with E-state index in [0.717, 1.165) is 34.4 Å². The molecule has 2 heterocycles. The summed E-state index contributed by atoms with van der Waals surface area (Å²) < 4.78 is 7.09. The molecule has 6 heteroatoms.